The van der Waals surface area contributed by atoms with Gasteiger partial charge in [-0.25, -0.2) is 9.97 Å². The number of azo groups is 2. The zero-order chi connectivity index (χ0) is 45.9. The predicted molar refractivity (Wildman–Crippen MR) is 236 cm³/mol. The highest BCUT2D eigenvalue weighted by molar-refractivity contribution is 7.86. The van der Waals surface area contributed by atoms with E-state index in [1.807, 2.05) is 37.5 Å². The molecule has 28 heteroatoms. The average molecular weight is 947 g/mol. The molecule has 5 rings (SSSR count). The molecule has 0 aliphatic rings. The molecule has 0 atom stereocenters. The van der Waals surface area contributed by atoms with Crippen LogP contribution in [0.2, 0.25) is 0 Å². The smallest absolute Gasteiger partial charge is 0.313 e. The summed E-state index contributed by atoms with van der Waals surface area (Å²) in [5.41, 5.74) is 2.49. The Morgan fingerprint density at radius 3 is 1.32 bits per heavy atom. The van der Waals surface area contributed by atoms with Gasteiger partial charge in [0.25, 0.3) is 0 Å². The minimum atomic E-state index is -4.83. The second kappa shape index (κ2) is 21.4. The van der Waals surface area contributed by atoms with Crippen LogP contribution in [-0.4, -0.2) is 126 Å². The molecule has 3 aromatic heterocycles. The third kappa shape index (κ3) is 12.1. The van der Waals surface area contributed by atoms with E-state index in [0.717, 1.165) is 11.4 Å². The Labute approximate surface area is 369 Å². The molecule has 0 fully saturated rings. The van der Waals surface area contributed by atoms with Crippen molar-refractivity contribution in [3.05, 3.63) is 46.2 Å². The quantitative estimate of drug-likeness (QED) is 0.0259. The highest BCUT2D eigenvalue weighted by atomic mass is 32.2. The monoisotopic (exact) mass is 946 g/mol. The lowest BCUT2D eigenvalue weighted by Crippen LogP contribution is -2.31. The molecule has 0 aliphatic carbocycles. The van der Waals surface area contributed by atoms with Crippen molar-refractivity contribution in [3.8, 4) is 0 Å². The maximum atomic E-state index is 11.8. The van der Waals surface area contributed by atoms with E-state index in [-0.39, 0.29) is 88.1 Å². The van der Waals surface area contributed by atoms with Gasteiger partial charge in [0.1, 0.15) is 21.1 Å². The summed E-state index contributed by atoms with van der Waals surface area (Å²) in [5.74, 6) is -0.103. The van der Waals surface area contributed by atoms with Crippen LogP contribution in [0, 0.1) is 0 Å². The molecule has 0 amide bonds. The third-order valence-electron chi connectivity index (χ3n) is 8.76. The summed E-state index contributed by atoms with van der Waals surface area (Å²) < 4.78 is 66.3. The van der Waals surface area contributed by atoms with Crippen molar-refractivity contribution in [2.45, 2.75) is 37.7 Å². The number of carbonyl (C=O) groups is 2. The van der Waals surface area contributed by atoms with Crippen LogP contribution in [0.3, 0.4) is 0 Å². The van der Waals surface area contributed by atoms with Crippen LogP contribution < -0.4 is 25.3 Å². The van der Waals surface area contributed by atoms with Crippen LogP contribution in [0.1, 0.15) is 47.0 Å². The standard InChI is InChI=1S/C35H42N14O10S4/c1-5-47(6-2)21-9-11-23(43-45-34-38-29(62(54,55)56)27(19-52)60-34)25(17-21)36-31-40-32(42-33(41-31)49(13-15-50)14-16-51)37-26-18-22(48(7-3)8-4)10-12-24(26)44-46-35-39-30(63(57,58)59)28(20-53)61-35/h9-12,17-20,50-51H,5-8,13-16H2,1-4H3,(H,54,55,56)(H,57,58,59)(H2,36,37,40,41,42)/b45-43+,46-44+. The largest absolute Gasteiger partial charge is 0.395 e. The molecule has 0 saturated heterocycles. The van der Waals surface area contributed by atoms with E-state index in [4.69, 9.17) is 0 Å². The van der Waals surface area contributed by atoms with Crippen LogP contribution in [0.25, 0.3) is 0 Å². The Morgan fingerprint density at radius 2 is 1.00 bits per heavy atom. The van der Waals surface area contributed by atoms with Crippen molar-refractivity contribution in [1.82, 2.24) is 24.9 Å². The number of aliphatic hydroxyl groups excluding tert-OH is 2. The maximum Gasteiger partial charge on any atom is 0.313 e. The van der Waals surface area contributed by atoms with Gasteiger partial charge in [-0.3, -0.25) is 18.7 Å². The molecule has 6 N–H and O–H groups in total. The first-order chi connectivity index (χ1) is 30.1. The van der Waals surface area contributed by atoms with Gasteiger partial charge >= 0.3 is 20.2 Å². The fourth-order valence-electron chi connectivity index (χ4n) is 5.82. The van der Waals surface area contributed by atoms with E-state index in [2.05, 4.69) is 56.0 Å². The third-order valence-corrected chi connectivity index (χ3v) is 12.4. The van der Waals surface area contributed by atoms with Crippen LogP contribution in [0.4, 0.5) is 62.2 Å². The molecule has 3 heterocycles. The Morgan fingerprint density at radius 1 is 0.603 bits per heavy atom. The summed E-state index contributed by atoms with van der Waals surface area (Å²) in [5, 5.41) is 40.5. The first-order valence-corrected chi connectivity index (χ1v) is 23.4. The lowest BCUT2D eigenvalue weighted by atomic mass is 10.2. The molecular weight excluding hydrogens is 905 g/mol. The van der Waals surface area contributed by atoms with E-state index >= 15 is 0 Å². The lowest BCUT2D eigenvalue weighted by molar-refractivity contribution is 0.111. The summed E-state index contributed by atoms with van der Waals surface area (Å²) in [7, 11) is -9.66. The number of carbonyl (C=O) groups excluding carboxylic acids is 2. The summed E-state index contributed by atoms with van der Waals surface area (Å²) in [6.45, 7) is 9.81. The summed E-state index contributed by atoms with van der Waals surface area (Å²) in [6.07, 6.45) is 0.456. The number of nitrogens with zero attached hydrogens (tertiary/aromatic N) is 12. The fraction of sp³-hybridized carbons (Fsp3) is 0.343. The van der Waals surface area contributed by atoms with Gasteiger partial charge in [-0.05, 0) is 64.1 Å². The van der Waals surface area contributed by atoms with Crippen LogP contribution >= 0.6 is 22.7 Å². The first-order valence-electron chi connectivity index (χ1n) is 18.8. The van der Waals surface area contributed by atoms with E-state index < -0.39 is 30.3 Å². The van der Waals surface area contributed by atoms with Crippen molar-refractivity contribution in [1.29, 1.82) is 0 Å². The molecule has 0 spiro atoms. The van der Waals surface area contributed by atoms with Gasteiger partial charge in [-0.15, -0.1) is 20.5 Å². The van der Waals surface area contributed by atoms with Crippen molar-refractivity contribution in [2.24, 2.45) is 20.5 Å². The lowest BCUT2D eigenvalue weighted by Gasteiger charge is -2.24. The predicted octanol–water partition coefficient (Wildman–Crippen LogP) is 5.70. The van der Waals surface area contributed by atoms with Gasteiger partial charge < -0.3 is 35.5 Å². The Kier molecular flexibility index (Phi) is 16.3. The highest BCUT2D eigenvalue weighted by Gasteiger charge is 2.24. The number of thiazole rings is 2. The van der Waals surface area contributed by atoms with E-state index in [1.54, 1.807) is 36.4 Å². The number of aliphatic hydroxyl groups is 2. The van der Waals surface area contributed by atoms with E-state index in [1.165, 1.54) is 4.90 Å². The summed E-state index contributed by atoms with van der Waals surface area (Å²) in [6, 6.07) is 10.3. The second-order valence-electron chi connectivity index (χ2n) is 12.6. The molecule has 0 bridgehead atoms. The number of anilines is 7. The molecule has 0 radical (unpaired) electrons. The van der Waals surface area contributed by atoms with Crippen LogP contribution in [-0.2, 0) is 20.2 Å². The van der Waals surface area contributed by atoms with Gasteiger partial charge in [0.15, 0.2) is 12.6 Å². The Hall–Kier alpha value is -6.01. The minimum Gasteiger partial charge on any atom is -0.395 e. The zero-order valence-corrected chi connectivity index (χ0v) is 37.3. The van der Waals surface area contributed by atoms with Crippen molar-refractivity contribution in [2.75, 3.05) is 77.8 Å². The normalized spacial score (nSPS) is 11.9. The SMILES string of the molecule is CCN(CC)c1ccc(/N=N/c2nc(S(=O)(=O)O)c(C=O)s2)c(Nc2nc(Nc3cc(N(CC)CC)ccc3/N=N/c3nc(S(=O)(=O)O)c(C=O)s3)nc(N(CCO)CCO)n2)c1. The van der Waals surface area contributed by atoms with Crippen molar-refractivity contribution in [3.63, 3.8) is 0 Å². The number of hydrogen-bond acceptors (Lipinski definition) is 24. The Balaban J connectivity index is 1.64. The molecule has 0 unspecified atom stereocenters. The van der Waals surface area contributed by atoms with Crippen LogP contribution in [0.15, 0.2) is 66.9 Å². The van der Waals surface area contributed by atoms with Gasteiger partial charge in [0.2, 0.25) is 38.2 Å². The number of aromatic nitrogens is 5. The van der Waals surface area contributed by atoms with E-state index in [0.29, 0.717) is 60.2 Å². The molecule has 2 aromatic carbocycles. The topological polar surface area (TPSA) is 331 Å². The number of benzene rings is 2. The minimum absolute atomic E-state index is 0.0154. The van der Waals surface area contributed by atoms with Gasteiger partial charge in [-0.1, -0.05) is 22.7 Å². The summed E-state index contributed by atoms with van der Waals surface area (Å²) in [4.78, 5) is 49.2. The van der Waals surface area contributed by atoms with Crippen molar-refractivity contribution >= 4 is 118 Å². The highest BCUT2D eigenvalue weighted by Crippen LogP contribution is 2.37. The zero-order valence-electron chi connectivity index (χ0n) is 34.0. The molecule has 0 saturated carbocycles. The first kappa shape index (κ1) is 48.0. The maximum absolute atomic E-state index is 11.8. The van der Waals surface area contributed by atoms with Crippen molar-refractivity contribution < 1.29 is 45.7 Å². The number of aldehydes is 2. The second-order valence-corrected chi connectivity index (χ2v) is 17.3. The van der Waals surface area contributed by atoms with Gasteiger partial charge in [0, 0.05) is 50.6 Å². The average Bonchev–Trinajstić information content (AvgIpc) is 3.89. The molecule has 63 heavy (non-hydrogen) atoms. The van der Waals surface area contributed by atoms with Crippen LogP contribution in [0.5, 0.6) is 0 Å². The fourth-order valence-corrected chi connectivity index (χ4v) is 9.02. The molecule has 0 aliphatic heterocycles. The Bertz CT molecular complexity index is 2530. The summed E-state index contributed by atoms with van der Waals surface area (Å²) >= 11 is 1.19. The molecular formula is C35H42N14O10S4. The molecule has 24 nitrogen and oxygen atoms in total. The molecule has 5 aromatic rings. The number of hydrogen-bond donors (Lipinski definition) is 6. The number of rotatable bonds is 23. The van der Waals surface area contributed by atoms with E-state index in [9.17, 15) is 45.7 Å². The molecule has 336 valence electrons. The number of nitrogens with one attached hydrogen (secondary N) is 2. The van der Waals surface area contributed by atoms with Gasteiger partial charge in [-0.2, -0.15) is 31.8 Å². The van der Waals surface area contributed by atoms with Gasteiger partial charge in [0.05, 0.1) is 24.6 Å².